The van der Waals surface area contributed by atoms with Crippen molar-refractivity contribution in [2.45, 2.75) is 32.3 Å². The van der Waals surface area contributed by atoms with Crippen LogP contribution in [0, 0.1) is 0 Å². The number of carboxylic acid groups (broad SMARTS) is 3. The van der Waals surface area contributed by atoms with Gasteiger partial charge in [0, 0.05) is 0 Å². The Hall–Kier alpha value is -3.47. The van der Waals surface area contributed by atoms with Gasteiger partial charge in [0.2, 0.25) is 0 Å². The van der Waals surface area contributed by atoms with Gasteiger partial charge in [0.1, 0.15) is 0 Å². The summed E-state index contributed by atoms with van der Waals surface area (Å²) in [5, 5.41) is 33.8. The number of rotatable bonds is 9. The summed E-state index contributed by atoms with van der Waals surface area (Å²) in [6.45, 7) is 3.97. The summed E-state index contributed by atoms with van der Waals surface area (Å²) in [5.74, 6) is -6.04. The van der Waals surface area contributed by atoms with E-state index in [1.807, 2.05) is 0 Å². The molecule has 4 N–H and O–H groups in total. The zero-order chi connectivity index (χ0) is 22.6. The molecule has 0 aliphatic heterocycles. The number of carboxylic acids is 3. The molecular formula is C18H22O11. The fraction of sp³-hybridized carbons (Fsp3) is 0.389. The molecule has 29 heavy (non-hydrogen) atoms. The van der Waals surface area contributed by atoms with Gasteiger partial charge >= 0.3 is 29.8 Å². The molecule has 0 unspecified atom stereocenters. The largest absolute Gasteiger partial charge is 0.481 e. The molecular weight excluding hydrogens is 392 g/mol. The first-order valence-corrected chi connectivity index (χ1v) is 8.31. The molecule has 0 bridgehead atoms. The van der Waals surface area contributed by atoms with Crippen LogP contribution in [0.2, 0.25) is 0 Å². The molecule has 0 aromatic heterocycles. The van der Waals surface area contributed by atoms with Crippen LogP contribution < -0.4 is 0 Å². The molecule has 0 atom stereocenters. The molecule has 0 aliphatic rings. The molecule has 0 amide bonds. The van der Waals surface area contributed by atoms with Crippen molar-refractivity contribution in [2.75, 3.05) is 13.2 Å². The normalized spacial score (nSPS) is 10.2. The summed E-state index contributed by atoms with van der Waals surface area (Å²) in [4.78, 5) is 53.6. The van der Waals surface area contributed by atoms with Gasteiger partial charge in [-0.3, -0.25) is 9.59 Å². The van der Waals surface area contributed by atoms with E-state index in [4.69, 9.17) is 29.9 Å². The maximum absolute atomic E-state index is 11.5. The van der Waals surface area contributed by atoms with E-state index in [-0.39, 0.29) is 24.3 Å². The topological polar surface area (TPSA) is 185 Å². The van der Waals surface area contributed by atoms with E-state index in [0.717, 1.165) is 0 Å². The van der Waals surface area contributed by atoms with Crippen molar-refractivity contribution in [2.24, 2.45) is 0 Å². The fourth-order valence-electron chi connectivity index (χ4n) is 1.97. The molecule has 11 nitrogen and oxygen atoms in total. The number of carbonyl (C=O) groups is 5. The maximum atomic E-state index is 11.5. The van der Waals surface area contributed by atoms with Crippen molar-refractivity contribution in [1.82, 2.24) is 0 Å². The molecule has 1 aromatic carbocycles. The highest BCUT2D eigenvalue weighted by Crippen LogP contribution is 2.15. The Morgan fingerprint density at radius 1 is 0.793 bits per heavy atom. The molecule has 1 rings (SSSR count). The van der Waals surface area contributed by atoms with Crippen LogP contribution in [-0.4, -0.2) is 69.1 Å². The van der Waals surface area contributed by atoms with Crippen molar-refractivity contribution >= 4 is 29.8 Å². The number of esters is 2. The first-order chi connectivity index (χ1) is 13.5. The third-order valence-corrected chi connectivity index (χ3v) is 3.20. The number of hydrogen-bond donors (Lipinski definition) is 4. The van der Waals surface area contributed by atoms with Gasteiger partial charge in [-0.25, -0.2) is 14.4 Å². The van der Waals surface area contributed by atoms with Gasteiger partial charge in [-0.15, -0.1) is 0 Å². The van der Waals surface area contributed by atoms with Gasteiger partial charge in [-0.1, -0.05) is 12.1 Å². The summed E-state index contributed by atoms with van der Waals surface area (Å²) < 4.78 is 9.70. The second-order valence-corrected chi connectivity index (χ2v) is 5.46. The lowest BCUT2D eigenvalue weighted by Crippen LogP contribution is -2.42. The molecule has 0 saturated heterocycles. The quantitative estimate of drug-likeness (QED) is 0.419. The van der Waals surface area contributed by atoms with Crippen LogP contribution >= 0.6 is 0 Å². The van der Waals surface area contributed by atoms with Crippen LogP contribution in [0.25, 0.3) is 0 Å². The molecule has 160 valence electrons. The van der Waals surface area contributed by atoms with Crippen molar-refractivity contribution in [3.63, 3.8) is 0 Å². The number of ether oxygens (including phenoxy) is 2. The van der Waals surface area contributed by atoms with E-state index < -0.39 is 48.3 Å². The molecule has 0 fully saturated rings. The lowest BCUT2D eigenvalue weighted by Gasteiger charge is -2.18. The molecule has 11 heteroatoms. The number of hydrogen-bond acceptors (Lipinski definition) is 8. The minimum atomic E-state index is -2.74. The standard InChI is InChI=1S/C12H14O4.C6H8O7/c1-3-15-11(13)9-7-5-6-8-10(9)12(14)16-4-2;7-3(8)1-6(13,5(11)12)2-4(9)10/h5-8H,3-4H2,1-2H3;13H,1-2H2,(H,7,8)(H,9,10)(H,11,12). The summed E-state index contributed by atoms with van der Waals surface area (Å²) in [5.41, 5.74) is -2.26. The minimum Gasteiger partial charge on any atom is -0.481 e. The molecule has 0 radical (unpaired) electrons. The minimum absolute atomic E-state index is 0.239. The lowest BCUT2D eigenvalue weighted by atomic mass is 9.96. The van der Waals surface area contributed by atoms with E-state index in [0.29, 0.717) is 0 Å². The third-order valence-electron chi connectivity index (χ3n) is 3.20. The highest BCUT2D eigenvalue weighted by Gasteiger charge is 2.40. The van der Waals surface area contributed by atoms with Crippen molar-refractivity contribution < 1.29 is 53.9 Å². The Morgan fingerprint density at radius 2 is 1.14 bits per heavy atom. The Bertz CT molecular complexity index is 701. The molecule has 1 aromatic rings. The van der Waals surface area contributed by atoms with Gasteiger partial charge < -0.3 is 29.9 Å². The van der Waals surface area contributed by atoms with Crippen LogP contribution in [0.5, 0.6) is 0 Å². The predicted molar refractivity (Wildman–Crippen MR) is 95.4 cm³/mol. The van der Waals surface area contributed by atoms with Gasteiger partial charge in [0.25, 0.3) is 0 Å². The van der Waals surface area contributed by atoms with Gasteiger partial charge in [0.05, 0.1) is 37.2 Å². The monoisotopic (exact) mass is 414 g/mol. The summed E-state index contributed by atoms with van der Waals surface area (Å²) in [6.07, 6.45) is -2.29. The third kappa shape index (κ3) is 8.84. The molecule has 0 aliphatic carbocycles. The zero-order valence-corrected chi connectivity index (χ0v) is 15.8. The first-order valence-electron chi connectivity index (χ1n) is 8.31. The van der Waals surface area contributed by atoms with Crippen molar-refractivity contribution in [1.29, 1.82) is 0 Å². The van der Waals surface area contributed by atoms with E-state index in [9.17, 15) is 24.0 Å². The van der Waals surface area contributed by atoms with Gasteiger partial charge in [0.15, 0.2) is 5.60 Å². The smallest absolute Gasteiger partial charge is 0.338 e. The van der Waals surface area contributed by atoms with Gasteiger partial charge in [-0.2, -0.15) is 0 Å². The van der Waals surface area contributed by atoms with Crippen LogP contribution in [0.3, 0.4) is 0 Å². The maximum Gasteiger partial charge on any atom is 0.338 e. The summed E-state index contributed by atoms with van der Waals surface area (Å²) >= 11 is 0. The number of aliphatic carboxylic acids is 3. The Morgan fingerprint density at radius 3 is 1.38 bits per heavy atom. The average molecular weight is 414 g/mol. The highest BCUT2D eigenvalue weighted by molar-refractivity contribution is 6.03. The van der Waals surface area contributed by atoms with Gasteiger partial charge in [-0.05, 0) is 26.0 Å². The van der Waals surface area contributed by atoms with Crippen LogP contribution in [0.4, 0.5) is 0 Å². The molecule has 0 spiro atoms. The van der Waals surface area contributed by atoms with E-state index in [2.05, 4.69) is 0 Å². The van der Waals surface area contributed by atoms with Crippen molar-refractivity contribution in [3.05, 3.63) is 35.4 Å². The van der Waals surface area contributed by atoms with E-state index in [1.54, 1.807) is 38.1 Å². The fourth-order valence-corrected chi connectivity index (χ4v) is 1.97. The SMILES string of the molecule is CCOC(=O)c1ccccc1C(=O)OCC.O=C(O)CC(O)(CC(=O)O)C(=O)O. The Kier molecular flexibility index (Phi) is 10.6. The first kappa shape index (κ1) is 25.5. The summed E-state index contributed by atoms with van der Waals surface area (Å²) in [7, 11) is 0. The van der Waals surface area contributed by atoms with E-state index >= 15 is 0 Å². The highest BCUT2D eigenvalue weighted by atomic mass is 16.5. The molecule has 0 saturated carbocycles. The number of benzene rings is 1. The van der Waals surface area contributed by atoms with Crippen molar-refractivity contribution in [3.8, 4) is 0 Å². The van der Waals surface area contributed by atoms with Crippen LogP contribution in [-0.2, 0) is 23.9 Å². The second kappa shape index (κ2) is 12.1. The Balaban J connectivity index is 0.000000555. The number of aliphatic hydroxyl groups is 1. The zero-order valence-electron chi connectivity index (χ0n) is 15.8. The molecule has 0 heterocycles. The Labute approximate surface area is 165 Å². The average Bonchev–Trinajstić information content (AvgIpc) is 2.61. The lowest BCUT2D eigenvalue weighted by molar-refractivity contribution is -0.170. The second-order valence-electron chi connectivity index (χ2n) is 5.46. The predicted octanol–water partition coefficient (Wildman–Crippen LogP) is 0.791. The van der Waals surface area contributed by atoms with Crippen LogP contribution in [0.15, 0.2) is 24.3 Å². The van der Waals surface area contributed by atoms with E-state index in [1.165, 1.54) is 0 Å². The summed E-state index contributed by atoms with van der Waals surface area (Å²) in [6, 6.07) is 6.44. The number of carbonyl (C=O) groups excluding carboxylic acids is 2. The van der Waals surface area contributed by atoms with Crippen LogP contribution in [0.1, 0.15) is 47.4 Å².